The summed E-state index contributed by atoms with van der Waals surface area (Å²) in [6.07, 6.45) is 11.9. The monoisotopic (exact) mass is 524 g/mol. The first-order chi connectivity index (χ1) is 18.4. The number of carbonyl (C=O) groups excluding carboxylic acids is 2. The number of ether oxygens (including phenoxy) is 3. The van der Waals surface area contributed by atoms with E-state index in [1.165, 1.54) is 19.3 Å². The first-order valence-corrected chi connectivity index (χ1v) is 14.8. The molecule has 38 heavy (non-hydrogen) atoms. The van der Waals surface area contributed by atoms with Gasteiger partial charge in [0.15, 0.2) is 11.5 Å². The first-order valence-electron chi connectivity index (χ1n) is 14.8. The molecule has 7 rings (SSSR count). The molecule has 7 heteroatoms. The minimum absolute atomic E-state index is 0.0127. The average Bonchev–Trinajstić information content (AvgIpc) is 2.95. The molecule has 6 aliphatic rings. The summed E-state index contributed by atoms with van der Waals surface area (Å²) < 4.78 is 16.3. The van der Waals surface area contributed by atoms with Crippen molar-refractivity contribution in [1.29, 1.82) is 0 Å². The molecule has 2 amide bonds. The average molecular weight is 525 g/mol. The number of hydrogen-bond donors (Lipinski definition) is 0. The zero-order valence-electron chi connectivity index (χ0n) is 23.4. The molecule has 4 aliphatic carbocycles. The van der Waals surface area contributed by atoms with E-state index in [1.54, 1.807) is 33.5 Å². The van der Waals surface area contributed by atoms with E-state index >= 15 is 0 Å². The van der Waals surface area contributed by atoms with E-state index < -0.39 is 0 Å². The Morgan fingerprint density at radius 3 is 1.58 bits per heavy atom. The molecular weight excluding hydrogens is 480 g/mol. The van der Waals surface area contributed by atoms with Crippen LogP contribution in [-0.4, -0.2) is 69.1 Å². The number of piperidine rings is 2. The number of carbonyl (C=O) groups is 2. The fraction of sp³-hybridized carbons (Fsp3) is 0.742. The van der Waals surface area contributed by atoms with Crippen molar-refractivity contribution in [3.05, 3.63) is 17.7 Å². The summed E-state index contributed by atoms with van der Waals surface area (Å²) in [5, 5.41) is 0. The van der Waals surface area contributed by atoms with Crippen LogP contribution < -0.4 is 14.2 Å². The Kier molecular flexibility index (Phi) is 6.98. The van der Waals surface area contributed by atoms with Gasteiger partial charge in [-0.15, -0.1) is 0 Å². The number of methoxy groups -OCH3 is 3. The van der Waals surface area contributed by atoms with Crippen molar-refractivity contribution < 1.29 is 23.8 Å². The summed E-state index contributed by atoms with van der Waals surface area (Å²) in [5.74, 6) is 5.75. The topological polar surface area (TPSA) is 68.3 Å². The molecule has 7 nitrogen and oxygen atoms in total. The second kappa shape index (κ2) is 10.3. The Hall–Kier alpha value is -2.44. The van der Waals surface area contributed by atoms with Crippen LogP contribution in [0.5, 0.6) is 17.2 Å². The minimum atomic E-state index is -0.0138. The largest absolute Gasteiger partial charge is 0.493 e. The predicted molar refractivity (Wildman–Crippen MR) is 145 cm³/mol. The van der Waals surface area contributed by atoms with Crippen LogP contribution in [0.3, 0.4) is 0 Å². The lowest BCUT2D eigenvalue weighted by molar-refractivity contribution is -0.159. The smallest absolute Gasteiger partial charge is 0.254 e. The molecule has 0 N–H and O–H groups in total. The van der Waals surface area contributed by atoms with Gasteiger partial charge in [-0.1, -0.05) is 0 Å². The predicted octanol–water partition coefficient (Wildman–Crippen LogP) is 5.02. The van der Waals surface area contributed by atoms with Gasteiger partial charge in [0, 0.05) is 31.7 Å². The highest BCUT2D eigenvalue weighted by atomic mass is 16.5. The van der Waals surface area contributed by atoms with Gasteiger partial charge in [-0.3, -0.25) is 9.59 Å². The summed E-state index contributed by atoms with van der Waals surface area (Å²) in [6.45, 7) is 3.39. The van der Waals surface area contributed by atoms with Crippen molar-refractivity contribution in [1.82, 2.24) is 9.80 Å². The lowest BCUT2D eigenvalue weighted by Gasteiger charge is -2.57. The summed E-state index contributed by atoms with van der Waals surface area (Å²) in [5.41, 5.74) is 0.551. The molecule has 1 aromatic rings. The lowest BCUT2D eigenvalue weighted by Crippen LogP contribution is -2.56. The molecule has 2 heterocycles. The highest BCUT2D eigenvalue weighted by molar-refractivity contribution is 5.95. The van der Waals surface area contributed by atoms with E-state index in [0.717, 1.165) is 88.9 Å². The zero-order chi connectivity index (χ0) is 26.4. The van der Waals surface area contributed by atoms with Gasteiger partial charge in [0.1, 0.15) is 0 Å². The molecular formula is C31H44N2O5. The van der Waals surface area contributed by atoms with Gasteiger partial charge in [-0.05, 0) is 106 Å². The Balaban J connectivity index is 1.02. The Bertz CT molecular complexity index is 994. The second-order valence-electron chi connectivity index (χ2n) is 12.9. The molecule has 2 saturated heterocycles. The van der Waals surface area contributed by atoms with E-state index in [4.69, 9.17) is 14.2 Å². The van der Waals surface area contributed by atoms with Crippen molar-refractivity contribution in [3.8, 4) is 17.2 Å². The summed E-state index contributed by atoms with van der Waals surface area (Å²) >= 11 is 0. The van der Waals surface area contributed by atoms with Crippen molar-refractivity contribution in [2.24, 2.45) is 35.0 Å². The number of hydrogen-bond acceptors (Lipinski definition) is 5. The van der Waals surface area contributed by atoms with E-state index in [1.807, 2.05) is 4.90 Å². The maximum Gasteiger partial charge on any atom is 0.254 e. The van der Waals surface area contributed by atoms with Crippen LogP contribution in [0.1, 0.15) is 74.6 Å². The fourth-order valence-corrected chi connectivity index (χ4v) is 9.24. The molecule has 0 spiro atoms. The maximum absolute atomic E-state index is 13.8. The molecule has 4 saturated carbocycles. The third kappa shape index (κ3) is 4.54. The van der Waals surface area contributed by atoms with Crippen molar-refractivity contribution in [3.63, 3.8) is 0 Å². The van der Waals surface area contributed by atoms with Crippen molar-refractivity contribution in [2.45, 2.75) is 64.2 Å². The highest BCUT2D eigenvalue weighted by Gasteiger charge is 2.55. The molecule has 0 aromatic heterocycles. The minimum Gasteiger partial charge on any atom is -0.493 e. The number of nitrogens with zero attached hydrogens (tertiary/aromatic N) is 2. The van der Waals surface area contributed by atoms with E-state index in [2.05, 4.69) is 4.90 Å². The van der Waals surface area contributed by atoms with Gasteiger partial charge in [-0.2, -0.15) is 0 Å². The maximum atomic E-state index is 13.8. The highest BCUT2D eigenvalue weighted by Crippen LogP contribution is 2.60. The fourth-order valence-electron chi connectivity index (χ4n) is 9.24. The number of benzene rings is 1. The van der Waals surface area contributed by atoms with Gasteiger partial charge in [0.2, 0.25) is 11.7 Å². The molecule has 1 aromatic carbocycles. The van der Waals surface area contributed by atoms with Crippen LogP contribution in [0.2, 0.25) is 0 Å². The van der Waals surface area contributed by atoms with Gasteiger partial charge < -0.3 is 24.0 Å². The third-order valence-corrected chi connectivity index (χ3v) is 10.7. The van der Waals surface area contributed by atoms with Crippen LogP contribution in [0.25, 0.3) is 0 Å². The zero-order valence-corrected chi connectivity index (χ0v) is 23.4. The van der Waals surface area contributed by atoms with Crippen LogP contribution in [0.4, 0.5) is 0 Å². The third-order valence-electron chi connectivity index (χ3n) is 10.7. The Morgan fingerprint density at radius 1 is 0.711 bits per heavy atom. The first kappa shape index (κ1) is 25.8. The number of amides is 2. The van der Waals surface area contributed by atoms with Gasteiger partial charge in [-0.25, -0.2) is 0 Å². The molecule has 0 atom stereocenters. The van der Waals surface area contributed by atoms with Crippen LogP contribution in [0, 0.1) is 35.0 Å². The normalized spacial score (nSPS) is 31.4. The molecule has 0 unspecified atom stereocenters. The molecule has 208 valence electrons. The lowest BCUT2D eigenvalue weighted by atomic mass is 9.49. The molecule has 2 aliphatic heterocycles. The summed E-state index contributed by atoms with van der Waals surface area (Å²) in [6, 6.07) is 3.48. The quantitative estimate of drug-likeness (QED) is 0.523. The van der Waals surface area contributed by atoms with Gasteiger partial charge in [0.25, 0.3) is 5.91 Å². The molecule has 0 radical (unpaired) electrons. The summed E-state index contributed by atoms with van der Waals surface area (Å²) in [7, 11) is 4.70. The number of likely N-dealkylation sites (tertiary alicyclic amines) is 2. The van der Waals surface area contributed by atoms with Crippen molar-refractivity contribution in [2.75, 3.05) is 47.5 Å². The van der Waals surface area contributed by atoms with E-state index in [9.17, 15) is 9.59 Å². The number of rotatable bonds is 6. The van der Waals surface area contributed by atoms with Crippen molar-refractivity contribution >= 4 is 11.8 Å². The standard InChI is InChI=1S/C31H44N2O5/c1-36-26-15-25(16-27(37-2)28(26)38-3)29(34)32-8-4-23(5-9-32)24-6-10-33(11-7-24)30(35)31-17-20-12-21(18-31)14-22(13-20)19-31/h15-16,20-24H,4-14,17-19H2,1-3H3. The van der Waals surface area contributed by atoms with Crippen LogP contribution in [-0.2, 0) is 4.79 Å². The Labute approximate surface area is 227 Å². The molecule has 4 bridgehead atoms. The molecule has 6 fully saturated rings. The van der Waals surface area contributed by atoms with Crippen LogP contribution in [0.15, 0.2) is 12.1 Å². The Morgan fingerprint density at radius 2 is 1.16 bits per heavy atom. The van der Waals surface area contributed by atoms with E-state index in [0.29, 0.717) is 40.6 Å². The van der Waals surface area contributed by atoms with E-state index in [-0.39, 0.29) is 11.3 Å². The summed E-state index contributed by atoms with van der Waals surface area (Å²) in [4.78, 5) is 31.3. The van der Waals surface area contributed by atoms with Crippen LogP contribution >= 0.6 is 0 Å². The SMILES string of the molecule is COc1cc(C(=O)N2CCC(C3CCN(C(=O)C45CC6CC(CC(C6)C4)C5)CC3)CC2)cc(OC)c1OC. The second-order valence-corrected chi connectivity index (χ2v) is 12.9. The van der Waals surface area contributed by atoms with Gasteiger partial charge in [0.05, 0.1) is 26.7 Å². The van der Waals surface area contributed by atoms with Gasteiger partial charge >= 0.3 is 0 Å².